The minimum absolute atomic E-state index is 0.915. The Hall–Kier alpha value is -2.61. The summed E-state index contributed by atoms with van der Waals surface area (Å²) in [4.78, 5) is 0. The monoisotopic (exact) mass is 316 g/mol. The molecule has 0 aliphatic rings. The van der Waals surface area contributed by atoms with Crippen LogP contribution in [0.15, 0.2) is 61.4 Å². The molecule has 0 aliphatic carbocycles. The molecule has 3 aromatic rings. The van der Waals surface area contributed by atoms with Crippen molar-refractivity contribution in [1.29, 1.82) is 0 Å². The van der Waals surface area contributed by atoms with Gasteiger partial charge in [0.15, 0.2) is 0 Å². The molecule has 1 heterocycles. The molecule has 0 atom stereocenters. The van der Waals surface area contributed by atoms with E-state index in [9.17, 15) is 0 Å². The van der Waals surface area contributed by atoms with Gasteiger partial charge in [-0.25, -0.2) is 4.68 Å². The summed E-state index contributed by atoms with van der Waals surface area (Å²) < 4.78 is 1.95. The molecule has 0 unspecified atom stereocenters. The van der Waals surface area contributed by atoms with Gasteiger partial charge in [-0.3, -0.25) is 0 Å². The average Bonchev–Trinajstić information content (AvgIpc) is 3.10. The molecule has 0 amide bonds. The molecule has 0 bridgehead atoms. The van der Waals surface area contributed by atoms with Crippen molar-refractivity contribution in [1.82, 2.24) is 9.78 Å². The second kappa shape index (κ2) is 6.88. The first-order chi connectivity index (χ1) is 11.6. The second-order valence-corrected chi connectivity index (χ2v) is 6.24. The van der Waals surface area contributed by atoms with E-state index >= 15 is 0 Å². The van der Waals surface area contributed by atoms with Gasteiger partial charge >= 0.3 is 0 Å². The molecule has 2 aromatic carbocycles. The average molecular weight is 316 g/mol. The summed E-state index contributed by atoms with van der Waals surface area (Å²) >= 11 is 0. The van der Waals surface area contributed by atoms with E-state index in [2.05, 4.69) is 62.8 Å². The smallest absolute Gasteiger partial charge is 0.0680 e. The van der Waals surface area contributed by atoms with Crippen molar-refractivity contribution < 1.29 is 0 Å². The van der Waals surface area contributed by atoms with Gasteiger partial charge < -0.3 is 0 Å². The van der Waals surface area contributed by atoms with Crippen molar-refractivity contribution in [2.45, 2.75) is 33.6 Å². The molecule has 0 aliphatic heterocycles. The van der Waals surface area contributed by atoms with Crippen LogP contribution in [0.3, 0.4) is 0 Å². The van der Waals surface area contributed by atoms with Crippen molar-refractivity contribution in [3.05, 3.63) is 83.7 Å². The van der Waals surface area contributed by atoms with Crippen molar-refractivity contribution in [2.75, 3.05) is 0 Å². The number of aromatic nitrogens is 2. The Morgan fingerprint density at radius 1 is 1.08 bits per heavy atom. The largest absolute Gasteiger partial charge is 0.241 e. The standard InChI is InChI=1S/C22H24N2/c1-5-8-18-9-10-20(16(3)13-18)21-15-19(6-2)22(14-17(21)4)24-12-7-11-23-24/h5,7,9-15H,1,6,8H2,2-4H3. The van der Waals surface area contributed by atoms with Crippen molar-refractivity contribution >= 4 is 0 Å². The molecule has 0 saturated carbocycles. The maximum Gasteiger partial charge on any atom is 0.0680 e. The third kappa shape index (κ3) is 3.05. The van der Waals surface area contributed by atoms with E-state index < -0.39 is 0 Å². The van der Waals surface area contributed by atoms with Crippen molar-refractivity contribution in [2.24, 2.45) is 0 Å². The summed E-state index contributed by atoms with van der Waals surface area (Å²) in [5.74, 6) is 0. The number of hydrogen-bond donors (Lipinski definition) is 0. The SMILES string of the molecule is C=CCc1ccc(-c2cc(CC)c(-n3cccn3)cc2C)c(C)c1. The number of rotatable bonds is 5. The van der Waals surface area contributed by atoms with E-state index in [1.165, 1.54) is 39.1 Å². The molecule has 3 rings (SSSR count). The highest BCUT2D eigenvalue weighted by Gasteiger charge is 2.12. The highest BCUT2D eigenvalue weighted by Crippen LogP contribution is 2.31. The summed E-state index contributed by atoms with van der Waals surface area (Å²) in [6.07, 6.45) is 7.68. The fourth-order valence-electron chi connectivity index (χ4n) is 3.26. The second-order valence-electron chi connectivity index (χ2n) is 6.24. The summed E-state index contributed by atoms with van der Waals surface area (Å²) in [5, 5.41) is 4.40. The van der Waals surface area contributed by atoms with Crippen LogP contribution in [0.2, 0.25) is 0 Å². The van der Waals surface area contributed by atoms with Gasteiger partial charge in [-0.05, 0) is 78.3 Å². The predicted molar refractivity (Wildman–Crippen MR) is 102 cm³/mol. The van der Waals surface area contributed by atoms with Crippen molar-refractivity contribution in [3.63, 3.8) is 0 Å². The number of aryl methyl sites for hydroxylation is 3. The third-order valence-corrected chi connectivity index (χ3v) is 4.52. The lowest BCUT2D eigenvalue weighted by atomic mass is 9.92. The Morgan fingerprint density at radius 2 is 1.88 bits per heavy atom. The highest BCUT2D eigenvalue weighted by atomic mass is 15.3. The van der Waals surface area contributed by atoms with E-state index in [1.54, 1.807) is 0 Å². The predicted octanol–water partition coefficient (Wildman–Crippen LogP) is 5.45. The lowest BCUT2D eigenvalue weighted by Crippen LogP contribution is -2.02. The normalized spacial score (nSPS) is 10.8. The molecule has 1 aromatic heterocycles. The number of nitrogens with zero attached hydrogens (tertiary/aromatic N) is 2. The van der Waals surface area contributed by atoms with E-state index in [1.807, 2.05) is 29.2 Å². The Kier molecular flexibility index (Phi) is 4.66. The quantitative estimate of drug-likeness (QED) is 0.573. The Labute approximate surface area is 144 Å². The van der Waals surface area contributed by atoms with Gasteiger partial charge in [0.2, 0.25) is 0 Å². The van der Waals surface area contributed by atoms with E-state index in [0.717, 1.165) is 12.8 Å². The van der Waals surface area contributed by atoms with E-state index in [4.69, 9.17) is 0 Å². The molecule has 24 heavy (non-hydrogen) atoms. The molecule has 0 fully saturated rings. The zero-order valence-electron chi connectivity index (χ0n) is 14.7. The lowest BCUT2D eigenvalue weighted by Gasteiger charge is -2.16. The molecule has 122 valence electrons. The van der Waals surface area contributed by atoms with Crippen LogP contribution in [0.25, 0.3) is 16.8 Å². The minimum atomic E-state index is 0.915. The molecule has 0 spiro atoms. The van der Waals surface area contributed by atoms with Gasteiger partial charge in [-0.15, -0.1) is 6.58 Å². The van der Waals surface area contributed by atoms with Crippen LogP contribution in [-0.4, -0.2) is 9.78 Å². The van der Waals surface area contributed by atoms with Gasteiger partial charge in [-0.2, -0.15) is 5.10 Å². The topological polar surface area (TPSA) is 17.8 Å². The summed E-state index contributed by atoms with van der Waals surface area (Å²) in [6.45, 7) is 10.4. The Balaban J connectivity index is 2.11. The highest BCUT2D eigenvalue weighted by molar-refractivity contribution is 5.73. The van der Waals surface area contributed by atoms with Crippen LogP contribution in [0, 0.1) is 13.8 Å². The van der Waals surface area contributed by atoms with Crippen molar-refractivity contribution in [3.8, 4) is 16.8 Å². The zero-order chi connectivity index (χ0) is 17.1. The molecular weight excluding hydrogens is 292 g/mol. The van der Waals surface area contributed by atoms with Gasteiger partial charge in [0.05, 0.1) is 5.69 Å². The minimum Gasteiger partial charge on any atom is -0.241 e. The number of benzene rings is 2. The van der Waals surface area contributed by atoms with Gasteiger partial charge in [0.25, 0.3) is 0 Å². The van der Waals surface area contributed by atoms with Gasteiger partial charge in [0.1, 0.15) is 0 Å². The first-order valence-electron chi connectivity index (χ1n) is 8.48. The molecule has 2 heteroatoms. The molecular formula is C22H24N2. The zero-order valence-corrected chi connectivity index (χ0v) is 14.7. The fraction of sp³-hybridized carbons (Fsp3) is 0.227. The molecule has 0 saturated heterocycles. The van der Waals surface area contributed by atoms with Crippen LogP contribution in [0.1, 0.15) is 29.2 Å². The van der Waals surface area contributed by atoms with Gasteiger partial charge in [0, 0.05) is 12.4 Å². The molecule has 0 radical (unpaired) electrons. The summed E-state index contributed by atoms with van der Waals surface area (Å²) in [7, 11) is 0. The lowest BCUT2D eigenvalue weighted by molar-refractivity contribution is 0.861. The molecule has 2 nitrogen and oxygen atoms in total. The number of hydrogen-bond acceptors (Lipinski definition) is 1. The van der Waals surface area contributed by atoms with E-state index in [-0.39, 0.29) is 0 Å². The summed E-state index contributed by atoms with van der Waals surface area (Å²) in [6, 6.07) is 13.2. The fourth-order valence-corrected chi connectivity index (χ4v) is 3.26. The number of allylic oxidation sites excluding steroid dienone is 1. The Bertz CT molecular complexity index is 858. The summed E-state index contributed by atoms with van der Waals surface area (Å²) in [5.41, 5.74) is 9.00. The molecule has 0 N–H and O–H groups in total. The van der Waals surface area contributed by atoms with E-state index in [0.29, 0.717) is 0 Å². The van der Waals surface area contributed by atoms with Crippen LogP contribution < -0.4 is 0 Å². The maximum absolute atomic E-state index is 4.40. The maximum atomic E-state index is 4.40. The first kappa shape index (κ1) is 16.3. The van der Waals surface area contributed by atoms with Gasteiger partial charge in [-0.1, -0.05) is 31.2 Å². The third-order valence-electron chi connectivity index (χ3n) is 4.52. The van der Waals surface area contributed by atoms with Crippen LogP contribution in [0.5, 0.6) is 0 Å². The van der Waals surface area contributed by atoms with Crippen LogP contribution in [0.4, 0.5) is 0 Å². The first-order valence-corrected chi connectivity index (χ1v) is 8.48. The van der Waals surface area contributed by atoms with Crippen LogP contribution in [-0.2, 0) is 12.8 Å². The Morgan fingerprint density at radius 3 is 2.50 bits per heavy atom. The van der Waals surface area contributed by atoms with Crippen LogP contribution >= 0.6 is 0 Å².